The van der Waals surface area contributed by atoms with E-state index in [1.54, 1.807) is 12.4 Å². The number of rotatable bonds is 6. The summed E-state index contributed by atoms with van der Waals surface area (Å²) in [5.74, 6) is 0.350. The van der Waals surface area contributed by atoms with Crippen molar-refractivity contribution in [3.8, 4) is 5.75 Å². The number of likely N-dealkylation sites (N-methyl/N-ethyl adjacent to an activating group) is 1. The number of aromatic nitrogens is 1. The zero-order valence-corrected chi connectivity index (χ0v) is 14.8. The molecule has 2 aromatic rings. The van der Waals surface area contributed by atoms with Gasteiger partial charge in [-0.2, -0.15) is 0 Å². The van der Waals surface area contributed by atoms with Gasteiger partial charge in [0.2, 0.25) is 0 Å². The first-order valence-electron chi connectivity index (χ1n) is 8.84. The van der Waals surface area contributed by atoms with E-state index in [2.05, 4.69) is 26.8 Å². The average molecular weight is 338 g/mol. The van der Waals surface area contributed by atoms with E-state index in [1.807, 2.05) is 36.4 Å². The zero-order chi connectivity index (χ0) is 17.5. The van der Waals surface area contributed by atoms with Crippen LogP contribution >= 0.6 is 0 Å². The number of benzene rings is 1. The maximum absolute atomic E-state index is 10.5. The molecule has 0 unspecified atom stereocenters. The number of para-hydroxylation sites is 1. The normalized spacial score (nSPS) is 16.5. The number of aromatic hydroxyl groups is 1. The summed E-state index contributed by atoms with van der Waals surface area (Å²) in [6.45, 7) is 5.69. The van der Waals surface area contributed by atoms with Gasteiger partial charge in [-0.25, -0.2) is 0 Å². The smallest absolute Gasteiger partial charge is 0.128 e. The van der Waals surface area contributed by atoms with Gasteiger partial charge in [-0.15, -0.1) is 0 Å². The average Bonchev–Trinajstić information content (AvgIpc) is 2.64. The summed E-state index contributed by atoms with van der Waals surface area (Å²) in [6.07, 6.45) is 4.37. The Hall–Kier alpha value is -2.24. The number of piperazine rings is 1. The largest absolute Gasteiger partial charge is 0.507 e. The predicted molar refractivity (Wildman–Crippen MR) is 101 cm³/mol. The second-order valence-corrected chi connectivity index (χ2v) is 6.54. The quantitative estimate of drug-likeness (QED) is 0.821. The maximum Gasteiger partial charge on any atom is 0.128 e. The van der Waals surface area contributed by atoms with E-state index >= 15 is 0 Å². The van der Waals surface area contributed by atoms with Crippen molar-refractivity contribution < 1.29 is 5.11 Å². The molecular formula is C20H26N4O. The first-order chi connectivity index (χ1) is 12.2. The van der Waals surface area contributed by atoms with Crippen LogP contribution in [0.15, 0.2) is 47.6 Å². The Morgan fingerprint density at radius 1 is 1.12 bits per heavy atom. The van der Waals surface area contributed by atoms with Gasteiger partial charge in [-0.3, -0.25) is 14.9 Å². The molecular weight excluding hydrogens is 312 g/mol. The first-order valence-corrected chi connectivity index (χ1v) is 8.84. The summed E-state index contributed by atoms with van der Waals surface area (Å²) in [6, 6.07) is 11.8. The third-order valence-electron chi connectivity index (χ3n) is 4.59. The zero-order valence-electron chi connectivity index (χ0n) is 14.8. The lowest BCUT2D eigenvalue weighted by atomic mass is 10.1. The third kappa shape index (κ3) is 5.11. The van der Waals surface area contributed by atoms with E-state index in [4.69, 9.17) is 0 Å². The highest BCUT2D eigenvalue weighted by atomic mass is 16.3. The number of pyridine rings is 1. The highest BCUT2D eigenvalue weighted by molar-refractivity contribution is 5.84. The molecule has 1 aliphatic rings. The van der Waals surface area contributed by atoms with Gasteiger partial charge in [0, 0.05) is 74.9 Å². The second kappa shape index (κ2) is 8.74. The van der Waals surface area contributed by atoms with Gasteiger partial charge < -0.3 is 10.0 Å². The van der Waals surface area contributed by atoms with Crippen LogP contribution in [0, 0.1) is 0 Å². The molecule has 3 rings (SSSR count). The molecule has 0 saturated carbocycles. The van der Waals surface area contributed by atoms with Crippen LogP contribution in [0.2, 0.25) is 0 Å². The first kappa shape index (κ1) is 17.6. The molecule has 0 spiro atoms. The maximum atomic E-state index is 10.5. The fourth-order valence-electron chi connectivity index (χ4n) is 2.98. The summed E-state index contributed by atoms with van der Waals surface area (Å²) in [5.41, 5.74) is 2.79. The fourth-order valence-corrected chi connectivity index (χ4v) is 2.98. The Morgan fingerprint density at radius 2 is 1.96 bits per heavy atom. The van der Waals surface area contributed by atoms with Crippen molar-refractivity contribution in [2.75, 3.05) is 39.8 Å². The molecule has 0 bridgehead atoms. The van der Waals surface area contributed by atoms with E-state index in [-0.39, 0.29) is 0 Å². The molecule has 1 saturated heterocycles. The van der Waals surface area contributed by atoms with Crippen LogP contribution in [-0.2, 0) is 13.0 Å². The van der Waals surface area contributed by atoms with E-state index in [0.29, 0.717) is 12.3 Å². The molecule has 1 aromatic heterocycles. The van der Waals surface area contributed by atoms with Gasteiger partial charge >= 0.3 is 0 Å². The number of hydrogen-bond acceptors (Lipinski definition) is 5. The third-order valence-corrected chi connectivity index (χ3v) is 4.59. The van der Waals surface area contributed by atoms with Crippen molar-refractivity contribution >= 4 is 6.21 Å². The fraction of sp³-hybridized carbons (Fsp3) is 0.400. The van der Waals surface area contributed by atoms with Crippen LogP contribution in [0.3, 0.4) is 0 Å². The molecule has 0 radical (unpaired) electrons. The molecule has 25 heavy (non-hydrogen) atoms. The summed E-state index contributed by atoms with van der Waals surface area (Å²) in [4.78, 5) is 13.5. The van der Waals surface area contributed by atoms with Crippen molar-refractivity contribution in [2.24, 2.45) is 4.99 Å². The number of nitrogens with zero attached hydrogens (tertiary/aromatic N) is 4. The Balaban J connectivity index is 1.57. The van der Waals surface area contributed by atoms with E-state index in [9.17, 15) is 5.11 Å². The van der Waals surface area contributed by atoms with Gasteiger partial charge in [-0.1, -0.05) is 18.2 Å². The van der Waals surface area contributed by atoms with Crippen molar-refractivity contribution in [2.45, 2.75) is 13.0 Å². The van der Waals surface area contributed by atoms with E-state index in [1.165, 1.54) is 0 Å². The van der Waals surface area contributed by atoms with Crippen LogP contribution in [0.1, 0.15) is 16.8 Å². The molecule has 5 nitrogen and oxygen atoms in total. The molecule has 0 atom stereocenters. The lowest BCUT2D eigenvalue weighted by molar-refractivity contribution is 0.147. The summed E-state index contributed by atoms with van der Waals surface area (Å²) in [5, 5.41) is 10.5. The Kier molecular flexibility index (Phi) is 6.14. The number of phenols is 1. The Bertz CT molecular complexity index is 694. The van der Waals surface area contributed by atoms with Crippen LogP contribution in [-0.4, -0.2) is 65.9 Å². The number of phenolic OH excluding ortho intramolecular Hbond substituents is 1. The van der Waals surface area contributed by atoms with Crippen molar-refractivity contribution in [3.05, 3.63) is 59.4 Å². The highest BCUT2D eigenvalue weighted by Crippen LogP contribution is 2.23. The SMILES string of the molecule is CN1CCN(Cc2cccc(C=NCCc3ccccn3)c2O)CC1. The topological polar surface area (TPSA) is 52.0 Å². The lowest BCUT2D eigenvalue weighted by Crippen LogP contribution is -2.43. The molecule has 1 N–H and O–H groups in total. The van der Waals surface area contributed by atoms with Crippen molar-refractivity contribution in [1.29, 1.82) is 0 Å². The van der Waals surface area contributed by atoms with E-state index < -0.39 is 0 Å². The Labute approximate surface area is 149 Å². The molecule has 0 aliphatic carbocycles. The number of hydrogen-bond donors (Lipinski definition) is 1. The summed E-state index contributed by atoms with van der Waals surface area (Å²) in [7, 11) is 2.15. The minimum Gasteiger partial charge on any atom is -0.507 e. The highest BCUT2D eigenvalue weighted by Gasteiger charge is 2.16. The molecule has 1 aliphatic heterocycles. The minimum atomic E-state index is 0.350. The second-order valence-electron chi connectivity index (χ2n) is 6.54. The predicted octanol–water partition coefficient (Wildman–Crippen LogP) is 2.20. The van der Waals surface area contributed by atoms with Crippen LogP contribution < -0.4 is 0 Å². The van der Waals surface area contributed by atoms with Crippen LogP contribution in [0.4, 0.5) is 0 Å². The van der Waals surface area contributed by atoms with Gasteiger partial charge in [0.25, 0.3) is 0 Å². The molecule has 1 fully saturated rings. The molecule has 0 amide bonds. The van der Waals surface area contributed by atoms with Gasteiger partial charge in [0.15, 0.2) is 0 Å². The summed E-state index contributed by atoms with van der Waals surface area (Å²) >= 11 is 0. The number of aliphatic imine (C=N–C) groups is 1. The van der Waals surface area contributed by atoms with Gasteiger partial charge in [0.05, 0.1) is 0 Å². The van der Waals surface area contributed by atoms with Crippen LogP contribution in [0.25, 0.3) is 0 Å². The van der Waals surface area contributed by atoms with Gasteiger partial charge in [-0.05, 0) is 25.2 Å². The summed E-state index contributed by atoms with van der Waals surface area (Å²) < 4.78 is 0. The van der Waals surface area contributed by atoms with E-state index in [0.717, 1.165) is 56.0 Å². The van der Waals surface area contributed by atoms with Gasteiger partial charge in [0.1, 0.15) is 5.75 Å². The molecule has 1 aromatic carbocycles. The van der Waals surface area contributed by atoms with Crippen LogP contribution in [0.5, 0.6) is 5.75 Å². The Morgan fingerprint density at radius 3 is 2.72 bits per heavy atom. The van der Waals surface area contributed by atoms with Crippen molar-refractivity contribution in [3.63, 3.8) is 0 Å². The molecule has 5 heteroatoms. The lowest BCUT2D eigenvalue weighted by Gasteiger charge is -2.32. The monoisotopic (exact) mass is 338 g/mol. The minimum absolute atomic E-state index is 0.350. The molecule has 2 heterocycles. The van der Waals surface area contributed by atoms with Crippen molar-refractivity contribution in [1.82, 2.24) is 14.8 Å². The standard InChI is InChI=1S/C20H26N4O/c1-23-11-13-24(14-12-23)16-18-6-4-5-17(20(18)25)15-21-10-8-19-7-2-3-9-22-19/h2-7,9,15,25H,8,10-14,16H2,1H3. The molecule has 132 valence electrons.